The molecule has 0 aromatic heterocycles. The number of piperazine rings is 1. The number of benzene rings is 1. The lowest BCUT2D eigenvalue weighted by atomic mass is 9.82. The van der Waals surface area contributed by atoms with E-state index in [1.165, 1.54) is 4.31 Å². The zero-order chi connectivity index (χ0) is 19.5. The Morgan fingerprint density at radius 2 is 1.74 bits per heavy atom. The third-order valence-electron chi connectivity index (χ3n) is 5.69. The van der Waals surface area contributed by atoms with E-state index in [0.29, 0.717) is 44.6 Å². The summed E-state index contributed by atoms with van der Waals surface area (Å²) < 4.78 is 27.7. The third kappa shape index (κ3) is 4.51. The van der Waals surface area contributed by atoms with Gasteiger partial charge in [-0.3, -0.25) is 4.79 Å². The molecule has 0 radical (unpaired) electrons. The molecule has 2 fully saturated rings. The molecule has 1 saturated carbocycles. The van der Waals surface area contributed by atoms with Gasteiger partial charge in [0.25, 0.3) is 0 Å². The van der Waals surface area contributed by atoms with Crippen LogP contribution in [-0.2, 0) is 21.4 Å². The predicted molar refractivity (Wildman–Crippen MR) is 105 cm³/mol. The molecular formula is C19H30N4O3S. The fourth-order valence-electron chi connectivity index (χ4n) is 3.83. The number of nitrogens with one attached hydrogen (secondary N) is 1. The Balaban J connectivity index is 1.73. The largest absolute Gasteiger partial charge is 0.350 e. The number of hydrogen-bond donors (Lipinski definition) is 2. The first kappa shape index (κ1) is 20.3. The van der Waals surface area contributed by atoms with E-state index >= 15 is 0 Å². The molecule has 1 heterocycles. The van der Waals surface area contributed by atoms with Crippen LogP contribution in [0.2, 0.25) is 0 Å². The Morgan fingerprint density at radius 1 is 1.11 bits per heavy atom. The second-order valence-electron chi connectivity index (χ2n) is 7.71. The SMILES string of the molecule is CN1CCN(S(=O)(=O)c2ccccc2CNC(=O)C2(N)CCCCC2)CC1. The molecule has 1 aromatic rings. The van der Waals surface area contributed by atoms with Crippen molar-refractivity contribution < 1.29 is 13.2 Å². The van der Waals surface area contributed by atoms with Crippen molar-refractivity contribution in [3.8, 4) is 0 Å². The summed E-state index contributed by atoms with van der Waals surface area (Å²) in [4.78, 5) is 15.0. The van der Waals surface area contributed by atoms with E-state index in [2.05, 4.69) is 10.2 Å². The highest BCUT2D eigenvalue weighted by atomic mass is 32.2. The normalized spacial score (nSPS) is 21.7. The summed E-state index contributed by atoms with van der Waals surface area (Å²) in [6.07, 6.45) is 4.38. The molecule has 7 nitrogen and oxygen atoms in total. The van der Waals surface area contributed by atoms with Crippen molar-refractivity contribution in [1.82, 2.24) is 14.5 Å². The van der Waals surface area contributed by atoms with Crippen molar-refractivity contribution in [2.75, 3.05) is 33.2 Å². The molecule has 1 amide bonds. The summed E-state index contributed by atoms with van der Waals surface area (Å²) >= 11 is 0. The monoisotopic (exact) mass is 394 g/mol. The third-order valence-corrected chi connectivity index (χ3v) is 7.69. The Hall–Kier alpha value is -1.48. The lowest BCUT2D eigenvalue weighted by molar-refractivity contribution is -0.127. The molecule has 1 saturated heterocycles. The van der Waals surface area contributed by atoms with Crippen LogP contribution >= 0.6 is 0 Å². The van der Waals surface area contributed by atoms with Gasteiger partial charge in [0.05, 0.1) is 10.4 Å². The highest BCUT2D eigenvalue weighted by molar-refractivity contribution is 7.89. The number of amides is 1. The quantitative estimate of drug-likeness (QED) is 0.774. The Labute approximate surface area is 161 Å². The van der Waals surface area contributed by atoms with Crippen LogP contribution in [0.1, 0.15) is 37.7 Å². The number of nitrogens with zero attached hydrogens (tertiary/aromatic N) is 2. The average Bonchev–Trinajstić information content (AvgIpc) is 2.67. The zero-order valence-corrected chi connectivity index (χ0v) is 16.8. The van der Waals surface area contributed by atoms with Gasteiger partial charge in [-0.25, -0.2) is 8.42 Å². The van der Waals surface area contributed by atoms with Crippen LogP contribution in [0, 0.1) is 0 Å². The molecule has 1 aliphatic carbocycles. The minimum Gasteiger partial charge on any atom is -0.350 e. The Kier molecular flexibility index (Phi) is 6.20. The number of hydrogen-bond acceptors (Lipinski definition) is 5. The molecule has 1 aliphatic heterocycles. The van der Waals surface area contributed by atoms with Crippen molar-refractivity contribution in [2.45, 2.75) is 49.1 Å². The molecule has 3 N–H and O–H groups in total. The van der Waals surface area contributed by atoms with Crippen LogP contribution in [0.15, 0.2) is 29.2 Å². The second-order valence-corrected chi connectivity index (χ2v) is 9.62. The molecule has 1 aromatic carbocycles. The molecule has 27 heavy (non-hydrogen) atoms. The Morgan fingerprint density at radius 3 is 2.41 bits per heavy atom. The number of rotatable bonds is 5. The van der Waals surface area contributed by atoms with Gasteiger partial charge in [-0.2, -0.15) is 4.31 Å². The van der Waals surface area contributed by atoms with Crippen LogP contribution in [0.25, 0.3) is 0 Å². The van der Waals surface area contributed by atoms with Crippen molar-refractivity contribution in [3.63, 3.8) is 0 Å². The maximum Gasteiger partial charge on any atom is 0.243 e. The number of sulfonamides is 1. The molecule has 150 valence electrons. The van der Waals surface area contributed by atoms with Gasteiger partial charge in [0.1, 0.15) is 0 Å². The molecule has 0 unspecified atom stereocenters. The van der Waals surface area contributed by atoms with Gasteiger partial charge in [0, 0.05) is 32.7 Å². The zero-order valence-electron chi connectivity index (χ0n) is 16.0. The van der Waals surface area contributed by atoms with Gasteiger partial charge in [0.2, 0.25) is 15.9 Å². The number of nitrogens with two attached hydrogens (primary N) is 1. The molecule has 8 heteroatoms. The first-order valence-corrected chi connectivity index (χ1v) is 11.1. The second kappa shape index (κ2) is 8.26. The van der Waals surface area contributed by atoms with E-state index in [-0.39, 0.29) is 17.3 Å². The summed E-state index contributed by atoms with van der Waals surface area (Å²) in [6.45, 7) is 2.56. The number of likely N-dealkylation sites (N-methyl/N-ethyl adjacent to an activating group) is 1. The van der Waals surface area contributed by atoms with E-state index in [1.807, 2.05) is 7.05 Å². The van der Waals surface area contributed by atoms with Crippen molar-refractivity contribution in [1.29, 1.82) is 0 Å². The summed E-state index contributed by atoms with van der Waals surface area (Å²) in [5, 5.41) is 2.88. The molecule has 2 aliphatic rings. The van der Waals surface area contributed by atoms with Gasteiger partial charge in [-0.1, -0.05) is 37.5 Å². The van der Waals surface area contributed by atoms with Crippen molar-refractivity contribution >= 4 is 15.9 Å². The van der Waals surface area contributed by atoms with Gasteiger partial charge in [-0.15, -0.1) is 0 Å². The highest BCUT2D eigenvalue weighted by Crippen LogP contribution is 2.26. The maximum atomic E-state index is 13.1. The molecule has 3 rings (SSSR count). The first-order valence-electron chi connectivity index (χ1n) is 9.67. The molecule has 0 atom stereocenters. The summed E-state index contributed by atoms with van der Waals surface area (Å²) in [6, 6.07) is 6.89. The fraction of sp³-hybridized carbons (Fsp3) is 0.632. The van der Waals surface area contributed by atoms with E-state index in [1.54, 1.807) is 24.3 Å². The lowest BCUT2D eigenvalue weighted by Gasteiger charge is -2.33. The summed E-state index contributed by atoms with van der Waals surface area (Å²) in [5.41, 5.74) is 6.05. The van der Waals surface area contributed by atoms with Crippen LogP contribution in [0.4, 0.5) is 0 Å². The fourth-order valence-corrected chi connectivity index (χ4v) is 5.47. The van der Waals surface area contributed by atoms with Crippen LogP contribution in [0.5, 0.6) is 0 Å². The van der Waals surface area contributed by atoms with Gasteiger partial charge >= 0.3 is 0 Å². The number of carbonyl (C=O) groups excluding carboxylic acids is 1. The smallest absolute Gasteiger partial charge is 0.243 e. The standard InChI is InChI=1S/C19H30N4O3S/c1-22-11-13-23(14-12-22)27(25,26)17-8-4-3-7-16(17)15-21-18(24)19(20)9-5-2-6-10-19/h3-4,7-8H,2,5-6,9-15,20H2,1H3,(H,21,24). The molecular weight excluding hydrogens is 364 g/mol. The van der Waals surface area contributed by atoms with Crippen LogP contribution in [-0.4, -0.2) is 62.3 Å². The topological polar surface area (TPSA) is 95.7 Å². The van der Waals surface area contributed by atoms with Crippen LogP contribution in [0.3, 0.4) is 0 Å². The molecule has 0 spiro atoms. The van der Waals surface area contributed by atoms with Crippen molar-refractivity contribution in [3.05, 3.63) is 29.8 Å². The van der Waals surface area contributed by atoms with Gasteiger partial charge < -0.3 is 16.0 Å². The Bertz CT molecular complexity index is 767. The predicted octanol–water partition coefficient (Wildman–Crippen LogP) is 0.901. The minimum absolute atomic E-state index is 0.168. The minimum atomic E-state index is -3.58. The van der Waals surface area contributed by atoms with E-state index in [0.717, 1.165) is 19.3 Å². The van der Waals surface area contributed by atoms with E-state index in [4.69, 9.17) is 5.73 Å². The summed E-state index contributed by atoms with van der Waals surface area (Å²) in [7, 11) is -1.59. The maximum absolute atomic E-state index is 13.1. The molecule has 0 bridgehead atoms. The van der Waals surface area contributed by atoms with Gasteiger partial charge in [0.15, 0.2) is 0 Å². The van der Waals surface area contributed by atoms with Crippen molar-refractivity contribution in [2.24, 2.45) is 5.73 Å². The van der Waals surface area contributed by atoms with E-state index < -0.39 is 15.6 Å². The van der Waals surface area contributed by atoms with E-state index in [9.17, 15) is 13.2 Å². The highest BCUT2D eigenvalue weighted by Gasteiger charge is 2.35. The van der Waals surface area contributed by atoms with Gasteiger partial charge in [-0.05, 0) is 31.5 Å². The lowest BCUT2D eigenvalue weighted by Crippen LogP contribution is -2.54. The first-order chi connectivity index (χ1) is 12.8. The average molecular weight is 395 g/mol. The number of carbonyl (C=O) groups is 1. The summed E-state index contributed by atoms with van der Waals surface area (Å²) in [5.74, 6) is -0.186. The van der Waals surface area contributed by atoms with Crippen LogP contribution < -0.4 is 11.1 Å².